The summed E-state index contributed by atoms with van der Waals surface area (Å²) in [5.41, 5.74) is 7.83. The van der Waals surface area contributed by atoms with Crippen molar-refractivity contribution in [3.05, 3.63) is 68.9 Å². The van der Waals surface area contributed by atoms with Gasteiger partial charge in [-0.3, -0.25) is 0 Å². The fourth-order valence-corrected chi connectivity index (χ4v) is 6.68. The lowest BCUT2D eigenvalue weighted by molar-refractivity contribution is 0.122. The third kappa shape index (κ3) is 3.67. The molecule has 3 aromatic rings. The SMILES string of the molecule is COc1ccc(N2CCN(c3c(C)c(C)c4c(c3C)C(c3cccs3)C(C)(C)O4)CC2)cc1. The van der Waals surface area contributed by atoms with Crippen LogP contribution in [-0.2, 0) is 0 Å². The van der Waals surface area contributed by atoms with Gasteiger partial charge in [-0.1, -0.05) is 6.07 Å². The van der Waals surface area contributed by atoms with E-state index in [-0.39, 0.29) is 11.5 Å². The zero-order chi connectivity index (χ0) is 23.3. The number of fused-ring (bicyclic) bond motifs is 1. The van der Waals surface area contributed by atoms with Gasteiger partial charge in [-0.05, 0) is 87.0 Å². The first kappa shape index (κ1) is 22.1. The summed E-state index contributed by atoms with van der Waals surface area (Å²) in [6.45, 7) is 15.3. The molecule has 2 aromatic carbocycles. The molecule has 0 radical (unpaired) electrons. The average Bonchev–Trinajstić information content (AvgIpc) is 3.43. The lowest BCUT2D eigenvalue weighted by Crippen LogP contribution is -2.47. The molecule has 1 fully saturated rings. The molecule has 1 unspecified atom stereocenters. The quantitative estimate of drug-likeness (QED) is 0.453. The second-order valence-electron chi connectivity index (χ2n) is 9.79. The number of benzene rings is 2. The first-order valence-electron chi connectivity index (χ1n) is 11.8. The highest BCUT2D eigenvalue weighted by Gasteiger charge is 2.45. The maximum absolute atomic E-state index is 6.63. The standard InChI is InChI=1S/C28H34N2O2S/c1-18-19(2)27-24(25(28(4,5)32-27)23-8-7-17-33-23)20(3)26(18)30-15-13-29(14-16-30)21-9-11-22(31-6)12-10-21/h7-12,17,25H,13-16H2,1-6H3. The number of nitrogens with zero attached hydrogens (tertiary/aromatic N) is 2. The van der Waals surface area contributed by atoms with Gasteiger partial charge in [0.15, 0.2) is 0 Å². The van der Waals surface area contributed by atoms with Crippen molar-refractivity contribution in [2.24, 2.45) is 0 Å². The highest BCUT2D eigenvalue weighted by molar-refractivity contribution is 7.10. The molecule has 0 bridgehead atoms. The van der Waals surface area contributed by atoms with Crippen molar-refractivity contribution < 1.29 is 9.47 Å². The molecule has 0 spiro atoms. The predicted molar refractivity (Wildman–Crippen MR) is 139 cm³/mol. The lowest BCUT2D eigenvalue weighted by atomic mass is 9.81. The molecule has 0 saturated carbocycles. The van der Waals surface area contributed by atoms with Gasteiger partial charge in [0, 0.05) is 48.0 Å². The number of anilines is 2. The van der Waals surface area contributed by atoms with Gasteiger partial charge < -0.3 is 19.3 Å². The molecule has 0 amide bonds. The van der Waals surface area contributed by atoms with Crippen molar-refractivity contribution in [3.8, 4) is 11.5 Å². The number of methoxy groups -OCH3 is 1. The summed E-state index contributed by atoms with van der Waals surface area (Å²) in [5, 5.41) is 2.18. The Morgan fingerprint density at radius 1 is 0.909 bits per heavy atom. The van der Waals surface area contributed by atoms with Crippen LogP contribution in [0.1, 0.15) is 46.9 Å². The molecular formula is C28H34N2O2S. The van der Waals surface area contributed by atoms with E-state index in [0.717, 1.165) is 37.7 Å². The molecular weight excluding hydrogens is 428 g/mol. The number of hydrogen-bond acceptors (Lipinski definition) is 5. The van der Waals surface area contributed by atoms with Crippen molar-refractivity contribution in [2.45, 2.75) is 46.1 Å². The van der Waals surface area contributed by atoms with E-state index < -0.39 is 0 Å². The molecule has 4 nitrogen and oxygen atoms in total. The van der Waals surface area contributed by atoms with E-state index in [4.69, 9.17) is 9.47 Å². The molecule has 174 valence electrons. The summed E-state index contributed by atoms with van der Waals surface area (Å²) >= 11 is 1.84. The second-order valence-corrected chi connectivity index (χ2v) is 10.8. The molecule has 1 saturated heterocycles. The van der Waals surface area contributed by atoms with Gasteiger partial charge >= 0.3 is 0 Å². The summed E-state index contributed by atoms with van der Waals surface area (Å²) < 4.78 is 11.9. The van der Waals surface area contributed by atoms with Gasteiger partial charge in [0.1, 0.15) is 17.1 Å². The number of piperazine rings is 1. The van der Waals surface area contributed by atoms with Gasteiger partial charge in [0.25, 0.3) is 0 Å². The molecule has 2 aliphatic heterocycles. The van der Waals surface area contributed by atoms with Crippen molar-refractivity contribution in [3.63, 3.8) is 0 Å². The Labute approximate surface area is 201 Å². The largest absolute Gasteiger partial charge is 0.497 e. The summed E-state index contributed by atoms with van der Waals surface area (Å²) in [4.78, 5) is 6.45. The third-order valence-corrected chi connectivity index (χ3v) is 8.41. The van der Waals surface area contributed by atoms with E-state index in [1.165, 1.54) is 38.5 Å². The Kier molecular flexibility index (Phi) is 5.56. The number of rotatable bonds is 4. The van der Waals surface area contributed by atoms with E-state index >= 15 is 0 Å². The molecule has 0 aliphatic carbocycles. The zero-order valence-corrected chi connectivity index (χ0v) is 21.4. The third-order valence-electron chi connectivity index (χ3n) is 7.47. The lowest BCUT2D eigenvalue weighted by Gasteiger charge is -2.39. The van der Waals surface area contributed by atoms with Crippen molar-refractivity contribution in [2.75, 3.05) is 43.1 Å². The minimum Gasteiger partial charge on any atom is -0.497 e. The van der Waals surface area contributed by atoms with E-state index in [2.05, 4.69) is 74.1 Å². The van der Waals surface area contributed by atoms with Crippen LogP contribution in [0.25, 0.3) is 0 Å². The van der Waals surface area contributed by atoms with Gasteiger partial charge in [-0.25, -0.2) is 0 Å². The zero-order valence-electron chi connectivity index (χ0n) is 20.6. The number of thiophene rings is 1. The van der Waals surface area contributed by atoms with Gasteiger partial charge in [0.2, 0.25) is 0 Å². The Hall–Kier alpha value is -2.66. The maximum atomic E-state index is 6.63. The van der Waals surface area contributed by atoms with Gasteiger partial charge in [-0.15, -0.1) is 11.3 Å². The van der Waals surface area contributed by atoms with Gasteiger partial charge in [0.05, 0.1) is 13.0 Å². The first-order valence-corrected chi connectivity index (χ1v) is 12.7. The highest BCUT2D eigenvalue weighted by atomic mass is 32.1. The highest BCUT2D eigenvalue weighted by Crippen LogP contribution is 2.54. The Bertz CT molecular complexity index is 1140. The van der Waals surface area contributed by atoms with Crippen molar-refractivity contribution in [1.29, 1.82) is 0 Å². The van der Waals surface area contributed by atoms with Crippen molar-refractivity contribution in [1.82, 2.24) is 0 Å². The van der Waals surface area contributed by atoms with Crippen LogP contribution in [0.15, 0.2) is 41.8 Å². The maximum Gasteiger partial charge on any atom is 0.127 e. The fraction of sp³-hybridized carbons (Fsp3) is 0.429. The average molecular weight is 463 g/mol. The van der Waals surface area contributed by atoms with Crippen LogP contribution in [0.3, 0.4) is 0 Å². The summed E-state index contributed by atoms with van der Waals surface area (Å²) in [7, 11) is 1.71. The Morgan fingerprint density at radius 3 is 2.18 bits per heavy atom. The number of ether oxygens (including phenoxy) is 2. The minimum atomic E-state index is -0.249. The van der Waals surface area contributed by atoms with Crippen LogP contribution in [0, 0.1) is 20.8 Å². The predicted octanol–water partition coefficient (Wildman–Crippen LogP) is 6.31. The minimum absolute atomic E-state index is 0.249. The van der Waals surface area contributed by atoms with Crippen molar-refractivity contribution >= 4 is 22.7 Å². The summed E-state index contributed by atoms with van der Waals surface area (Å²) in [6, 6.07) is 12.8. The topological polar surface area (TPSA) is 24.9 Å². The van der Waals surface area contributed by atoms with E-state index in [0.29, 0.717) is 0 Å². The van der Waals surface area contributed by atoms with E-state index in [9.17, 15) is 0 Å². The van der Waals surface area contributed by atoms with E-state index in [1.54, 1.807) is 7.11 Å². The molecule has 5 heteroatoms. The molecule has 1 atom stereocenters. The molecule has 0 N–H and O–H groups in total. The fourth-order valence-electron chi connectivity index (χ4n) is 5.67. The van der Waals surface area contributed by atoms with Crippen LogP contribution in [0.4, 0.5) is 11.4 Å². The Balaban J connectivity index is 1.47. The van der Waals surface area contributed by atoms with Gasteiger partial charge in [-0.2, -0.15) is 0 Å². The normalized spacial score (nSPS) is 19.4. The monoisotopic (exact) mass is 462 g/mol. The summed E-state index contributed by atoms with van der Waals surface area (Å²) in [5.74, 6) is 2.28. The summed E-state index contributed by atoms with van der Waals surface area (Å²) in [6.07, 6.45) is 0. The molecule has 2 aliphatic rings. The Morgan fingerprint density at radius 2 is 1.58 bits per heavy atom. The molecule has 3 heterocycles. The van der Waals surface area contributed by atoms with Crippen LogP contribution < -0.4 is 19.3 Å². The van der Waals surface area contributed by atoms with Crippen LogP contribution >= 0.6 is 11.3 Å². The van der Waals surface area contributed by atoms with Crippen LogP contribution in [0.5, 0.6) is 11.5 Å². The van der Waals surface area contributed by atoms with Crippen LogP contribution in [-0.4, -0.2) is 38.9 Å². The first-order chi connectivity index (χ1) is 15.8. The molecule has 5 rings (SSSR count). The second kappa shape index (κ2) is 8.28. The molecule has 1 aromatic heterocycles. The smallest absolute Gasteiger partial charge is 0.127 e. The molecule has 33 heavy (non-hydrogen) atoms. The van der Waals surface area contributed by atoms with E-state index in [1.807, 2.05) is 23.5 Å². The number of hydrogen-bond donors (Lipinski definition) is 0. The van der Waals surface area contributed by atoms with Crippen LogP contribution in [0.2, 0.25) is 0 Å².